The fraction of sp³-hybridized carbons (Fsp3) is 0.143. The minimum Gasteiger partial charge on any atom is -0.370 e. The summed E-state index contributed by atoms with van der Waals surface area (Å²) in [6.45, 7) is 1.09. The summed E-state index contributed by atoms with van der Waals surface area (Å²) in [7, 11) is -3.69. The van der Waals surface area contributed by atoms with E-state index in [0.717, 1.165) is 33.0 Å². The molecule has 0 aliphatic heterocycles. The molecule has 0 aliphatic rings. The molecule has 0 fully saturated rings. The number of guanidine groups is 1. The van der Waals surface area contributed by atoms with Gasteiger partial charge in [0.2, 0.25) is 10.0 Å². The van der Waals surface area contributed by atoms with Crippen molar-refractivity contribution in [1.82, 2.24) is 15.4 Å². The van der Waals surface area contributed by atoms with E-state index in [-0.39, 0.29) is 23.9 Å². The number of urea groups is 1. The number of benzene rings is 4. The van der Waals surface area contributed by atoms with Crippen LogP contribution in [0.2, 0.25) is 0 Å². The minimum absolute atomic E-state index is 0.0272. The Morgan fingerprint density at radius 1 is 0.763 bits per heavy atom. The first-order valence-electron chi connectivity index (χ1n) is 12.0. The number of carbonyl (C=O) groups excluding carboxylic acids is 1. The summed E-state index contributed by atoms with van der Waals surface area (Å²) in [4.78, 5) is 16.6. The molecule has 7 N–H and O–H groups in total. The molecule has 0 aromatic heterocycles. The lowest BCUT2D eigenvalue weighted by atomic mass is 10.1. The molecule has 4 aromatic rings. The number of hydrogen-bond donors (Lipinski definition) is 5. The van der Waals surface area contributed by atoms with Crippen LogP contribution in [0.5, 0.6) is 0 Å². The third-order valence-corrected chi connectivity index (χ3v) is 7.24. The van der Waals surface area contributed by atoms with Gasteiger partial charge in [-0.25, -0.2) is 22.9 Å². The molecule has 0 spiro atoms. The molecule has 0 heterocycles. The van der Waals surface area contributed by atoms with Gasteiger partial charge in [-0.3, -0.25) is 5.32 Å². The lowest BCUT2D eigenvalue weighted by molar-refractivity contribution is 0.245. The summed E-state index contributed by atoms with van der Waals surface area (Å²) in [5.74, 6) is -0.0272. The highest BCUT2D eigenvalue weighted by atomic mass is 32.2. The number of amides is 2. The van der Waals surface area contributed by atoms with Gasteiger partial charge in [0.25, 0.3) is 0 Å². The zero-order chi connectivity index (χ0) is 27.0. The van der Waals surface area contributed by atoms with Gasteiger partial charge in [0.05, 0.1) is 11.4 Å². The first-order chi connectivity index (χ1) is 18.3. The van der Waals surface area contributed by atoms with Crippen molar-refractivity contribution in [3.8, 4) is 0 Å². The van der Waals surface area contributed by atoms with Crippen molar-refractivity contribution in [3.63, 3.8) is 0 Å². The smallest absolute Gasteiger partial charge is 0.321 e. The molecule has 0 aliphatic carbocycles. The van der Waals surface area contributed by atoms with E-state index in [4.69, 9.17) is 11.5 Å². The van der Waals surface area contributed by atoms with Crippen molar-refractivity contribution in [2.75, 3.05) is 0 Å². The lowest BCUT2D eigenvalue weighted by Gasteiger charge is -2.10. The number of aliphatic imine (C=N–C) groups is 1. The van der Waals surface area contributed by atoms with Gasteiger partial charge in [0, 0.05) is 19.6 Å². The molecule has 0 saturated carbocycles. The molecule has 4 rings (SSSR count). The molecule has 0 bridgehead atoms. The molecule has 9 nitrogen and oxygen atoms in total. The van der Waals surface area contributed by atoms with Crippen LogP contribution in [0.4, 0.5) is 4.79 Å². The Morgan fingerprint density at radius 3 is 2.18 bits per heavy atom. The van der Waals surface area contributed by atoms with Gasteiger partial charge in [-0.05, 0) is 45.2 Å². The van der Waals surface area contributed by atoms with Crippen LogP contribution in [-0.4, -0.2) is 20.4 Å². The maximum Gasteiger partial charge on any atom is 0.321 e. The van der Waals surface area contributed by atoms with Crippen molar-refractivity contribution in [2.45, 2.75) is 31.1 Å². The largest absolute Gasteiger partial charge is 0.370 e. The van der Waals surface area contributed by atoms with Crippen LogP contribution in [-0.2, 0) is 36.2 Å². The zero-order valence-electron chi connectivity index (χ0n) is 20.7. The van der Waals surface area contributed by atoms with Crippen LogP contribution in [0.15, 0.2) is 101 Å². The fourth-order valence-electron chi connectivity index (χ4n) is 3.86. The number of carbonyl (C=O) groups is 1. The zero-order valence-corrected chi connectivity index (χ0v) is 21.5. The van der Waals surface area contributed by atoms with Crippen LogP contribution < -0.4 is 26.8 Å². The second kappa shape index (κ2) is 12.3. The van der Waals surface area contributed by atoms with Gasteiger partial charge in [-0.1, -0.05) is 78.9 Å². The number of sulfonamides is 1. The quantitative estimate of drug-likeness (QED) is 0.166. The van der Waals surface area contributed by atoms with Crippen LogP contribution in [0.1, 0.15) is 22.3 Å². The predicted octanol–water partition coefficient (Wildman–Crippen LogP) is 3.09. The second-order valence-electron chi connectivity index (χ2n) is 8.69. The van der Waals surface area contributed by atoms with Gasteiger partial charge in [0.1, 0.15) is 0 Å². The average molecular weight is 531 g/mol. The molecule has 38 heavy (non-hydrogen) atoms. The standard InChI is InChI=1S/C28H30N6O3S/c29-16-20-5-3-6-21(13-20)18-32-28(35)34-27(30)31-17-22-7-4-8-23(14-22)19-33-38(36,37)26-12-11-24-9-1-2-10-25(24)15-26/h1-15,33H,16-19,29H2,(H4,30,31,32,34,35). The van der Waals surface area contributed by atoms with Crippen molar-refractivity contribution < 1.29 is 13.2 Å². The summed E-state index contributed by atoms with van der Waals surface area (Å²) in [5.41, 5.74) is 15.0. The molecule has 2 amide bonds. The van der Waals surface area contributed by atoms with E-state index in [1.807, 2.05) is 72.8 Å². The predicted molar refractivity (Wildman–Crippen MR) is 149 cm³/mol. The number of nitrogens with one attached hydrogen (secondary N) is 3. The third kappa shape index (κ3) is 7.39. The van der Waals surface area contributed by atoms with E-state index in [2.05, 4.69) is 20.3 Å². The van der Waals surface area contributed by atoms with E-state index in [1.54, 1.807) is 18.2 Å². The van der Waals surface area contributed by atoms with Crippen LogP contribution in [0.25, 0.3) is 10.8 Å². The van der Waals surface area contributed by atoms with Gasteiger partial charge in [0.15, 0.2) is 5.96 Å². The normalized spacial score (nSPS) is 11.9. The molecule has 0 atom stereocenters. The molecule has 4 aromatic carbocycles. The molecule has 196 valence electrons. The van der Waals surface area contributed by atoms with Gasteiger partial charge < -0.3 is 16.8 Å². The Morgan fingerprint density at radius 2 is 1.42 bits per heavy atom. The lowest BCUT2D eigenvalue weighted by Crippen LogP contribution is -2.43. The first kappa shape index (κ1) is 26.8. The summed E-state index contributed by atoms with van der Waals surface area (Å²) in [6.07, 6.45) is 0. The average Bonchev–Trinajstić information content (AvgIpc) is 2.94. The number of nitrogens with zero attached hydrogens (tertiary/aromatic N) is 1. The minimum atomic E-state index is -3.69. The number of fused-ring (bicyclic) bond motifs is 1. The van der Waals surface area contributed by atoms with E-state index >= 15 is 0 Å². The third-order valence-electron chi connectivity index (χ3n) is 5.84. The van der Waals surface area contributed by atoms with E-state index in [0.29, 0.717) is 13.1 Å². The van der Waals surface area contributed by atoms with E-state index < -0.39 is 16.1 Å². The van der Waals surface area contributed by atoms with Crippen LogP contribution in [0, 0.1) is 0 Å². The SMILES string of the molecule is NCc1cccc(CNC(=O)NC(N)=NCc2cccc(CNS(=O)(=O)c3ccc4ccccc4c3)c2)c1. The first-order valence-corrected chi connectivity index (χ1v) is 13.5. The summed E-state index contributed by atoms with van der Waals surface area (Å²) in [5, 5.41) is 7.06. The fourth-order valence-corrected chi connectivity index (χ4v) is 4.91. The monoisotopic (exact) mass is 530 g/mol. The summed E-state index contributed by atoms with van der Waals surface area (Å²) in [6, 6.07) is 27.1. The molecular weight excluding hydrogens is 500 g/mol. The van der Waals surface area contributed by atoms with Crippen LogP contribution >= 0.6 is 0 Å². The Balaban J connectivity index is 1.30. The Hall–Kier alpha value is -4.25. The topological polar surface area (TPSA) is 152 Å². The van der Waals surface area contributed by atoms with Gasteiger partial charge in [-0.2, -0.15) is 0 Å². The van der Waals surface area contributed by atoms with E-state index in [1.165, 1.54) is 0 Å². The maximum atomic E-state index is 12.8. The van der Waals surface area contributed by atoms with Gasteiger partial charge in [-0.15, -0.1) is 0 Å². The second-order valence-corrected chi connectivity index (χ2v) is 10.5. The van der Waals surface area contributed by atoms with Crippen LogP contribution in [0.3, 0.4) is 0 Å². The highest BCUT2D eigenvalue weighted by Crippen LogP contribution is 2.19. The summed E-state index contributed by atoms with van der Waals surface area (Å²) < 4.78 is 28.3. The number of hydrogen-bond acceptors (Lipinski definition) is 5. The Labute approximate surface area is 222 Å². The van der Waals surface area contributed by atoms with E-state index in [9.17, 15) is 13.2 Å². The molecule has 0 unspecified atom stereocenters. The number of nitrogens with two attached hydrogens (primary N) is 2. The molecule has 10 heteroatoms. The van der Waals surface area contributed by atoms with Crippen molar-refractivity contribution in [2.24, 2.45) is 16.5 Å². The molecular formula is C28H30N6O3S. The highest BCUT2D eigenvalue weighted by molar-refractivity contribution is 7.89. The molecule has 0 radical (unpaired) electrons. The number of rotatable bonds is 9. The Kier molecular flexibility index (Phi) is 8.70. The van der Waals surface area contributed by atoms with Crippen molar-refractivity contribution in [3.05, 3.63) is 113 Å². The van der Waals surface area contributed by atoms with Crippen molar-refractivity contribution in [1.29, 1.82) is 0 Å². The van der Waals surface area contributed by atoms with Crippen molar-refractivity contribution >= 4 is 32.8 Å². The van der Waals surface area contributed by atoms with Gasteiger partial charge >= 0.3 is 6.03 Å². The molecule has 0 saturated heterocycles. The maximum absolute atomic E-state index is 12.8. The highest BCUT2D eigenvalue weighted by Gasteiger charge is 2.14. The Bertz CT molecular complexity index is 1570. The summed E-state index contributed by atoms with van der Waals surface area (Å²) >= 11 is 0.